The Morgan fingerprint density at radius 2 is 1.87 bits per heavy atom. The molecule has 0 saturated heterocycles. The maximum atomic E-state index is 12.9. The minimum atomic E-state index is -4.90. The van der Waals surface area contributed by atoms with Gasteiger partial charge in [-0.05, 0) is 12.5 Å². The summed E-state index contributed by atoms with van der Waals surface area (Å²) < 4.78 is 45.1. The van der Waals surface area contributed by atoms with E-state index in [-0.39, 0.29) is 6.61 Å². The number of benzene rings is 1. The molecule has 1 heterocycles. The first-order valence-electron chi connectivity index (χ1n) is 6.84. The fourth-order valence-corrected chi connectivity index (χ4v) is 2.16. The van der Waals surface area contributed by atoms with Crippen LogP contribution in [0.5, 0.6) is 5.75 Å². The topological polar surface area (TPSA) is 51.5 Å². The van der Waals surface area contributed by atoms with Crippen LogP contribution < -0.4 is 10.2 Å². The molecule has 0 aliphatic heterocycles. The summed E-state index contributed by atoms with van der Waals surface area (Å²) >= 11 is 0. The van der Waals surface area contributed by atoms with E-state index in [9.17, 15) is 23.1 Å². The average molecular weight is 327 g/mol. The van der Waals surface area contributed by atoms with Gasteiger partial charge in [0.1, 0.15) is 12.3 Å². The summed E-state index contributed by atoms with van der Waals surface area (Å²) in [5, 5.41) is 9.60. The van der Waals surface area contributed by atoms with Crippen LogP contribution in [0.3, 0.4) is 0 Å². The lowest BCUT2D eigenvalue weighted by Crippen LogP contribution is -2.28. The van der Waals surface area contributed by atoms with Gasteiger partial charge in [0.05, 0.1) is 0 Å². The monoisotopic (exact) mass is 327 g/mol. The van der Waals surface area contributed by atoms with Crippen molar-refractivity contribution in [2.45, 2.75) is 25.8 Å². The van der Waals surface area contributed by atoms with Crippen LogP contribution in [0.15, 0.2) is 41.2 Å². The summed E-state index contributed by atoms with van der Waals surface area (Å²) in [6.07, 6.45) is -7.70. The fourth-order valence-electron chi connectivity index (χ4n) is 2.16. The van der Waals surface area contributed by atoms with E-state index in [2.05, 4.69) is 0 Å². The molecule has 1 aromatic carbocycles. The minimum Gasteiger partial charge on any atom is -0.483 e. The van der Waals surface area contributed by atoms with Crippen LogP contribution >= 0.6 is 0 Å². The number of hydrogen-bond donors (Lipinski definition) is 1. The zero-order valence-corrected chi connectivity index (χ0v) is 12.6. The van der Waals surface area contributed by atoms with E-state index in [1.54, 1.807) is 30.3 Å². The Balaban J connectivity index is 2.45. The van der Waals surface area contributed by atoms with E-state index in [1.165, 1.54) is 20.0 Å². The summed E-state index contributed by atoms with van der Waals surface area (Å²) in [4.78, 5) is 12.0. The van der Waals surface area contributed by atoms with Crippen molar-refractivity contribution in [3.05, 3.63) is 63.6 Å². The van der Waals surface area contributed by atoms with Crippen molar-refractivity contribution >= 4 is 0 Å². The lowest BCUT2D eigenvalue weighted by Gasteiger charge is -2.22. The van der Waals surface area contributed by atoms with Gasteiger partial charge in [-0.15, -0.1) is 0 Å². The van der Waals surface area contributed by atoms with Gasteiger partial charge < -0.3 is 14.4 Å². The van der Waals surface area contributed by atoms with Gasteiger partial charge in [-0.3, -0.25) is 4.79 Å². The van der Waals surface area contributed by atoms with Gasteiger partial charge in [-0.25, -0.2) is 0 Å². The first-order valence-corrected chi connectivity index (χ1v) is 6.84. The molecule has 1 aromatic heterocycles. The second kappa shape index (κ2) is 6.45. The van der Waals surface area contributed by atoms with Crippen LogP contribution in [0.2, 0.25) is 0 Å². The van der Waals surface area contributed by atoms with Gasteiger partial charge in [0, 0.05) is 18.8 Å². The van der Waals surface area contributed by atoms with Crippen molar-refractivity contribution in [2.75, 3.05) is 0 Å². The zero-order chi connectivity index (χ0) is 17.2. The van der Waals surface area contributed by atoms with E-state index in [1.807, 2.05) is 0 Å². The number of aryl methyl sites for hydroxylation is 1. The number of pyridine rings is 1. The molecule has 1 N–H and O–H groups in total. The molecule has 1 unspecified atom stereocenters. The van der Waals surface area contributed by atoms with Crippen LogP contribution in [0, 0.1) is 6.92 Å². The van der Waals surface area contributed by atoms with E-state index >= 15 is 0 Å². The van der Waals surface area contributed by atoms with Crippen molar-refractivity contribution in [3.63, 3.8) is 0 Å². The molecule has 4 nitrogen and oxygen atoms in total. The highest BCUT2D eigenvalue weighted by Gasteiger charge is 2.43. The van der Waals surface area contributed by atoms with E-state index in [0.717, 1.165) is 4.57 Å². The second-order valence-corrected chi connectivity index (χ2v) is 5.14. The highest BCUT2D eigenvalue weighted by atomic mass is 19.4. The van der Waals surface area contributed by atoms with Gasteiger partial charge in [0.25, 0.3) is 0 Å². The first kappa shape index (κ1) is 17.1. The first-order chi connectivity index (χ1) is 10.7. The van der Waals surface area contributed by atoms with E-state index in [0.29, 0.717) is 11.3 Å². The Labute approximate surface area is 130 Å². The number of aromatic nitrogens is 1. The Hall–Kier alpha value is -2.28. The standard InChI is InChI=1S/C16H16F3NO3/c1-10-8-12(21)14(23-9-11-6-4-3-5-7-11)13(20(10)2)15(22)16(17,18)19/h3-8,15,22H,9H2,1-2H3. The van der Waals surface area contributed by atoms with Crippen molar-refractivity contribution in [1.29, 1.82) is 0 Å². The summed E-state index contributed by atoms with van der Waals surface area (Å²) in [5.74, 6) is -0.494. The highest BCUT2D eigenvalue weighted by molar-refractivity contribution is 5.33. The molecular weight excluding hydrogens is 311 g/mol. The third-order valence-electron chi connectivity index (χ3n) is 3.48. The molecule has 2 rings (SSSR count). The lowest BCUT2D eigenvalue weighted by molar-refractivity contribution is -0.209. The Morgan fingerprint density at radius 3 is 2.43 bits per heavy atom. The molecule has 124 valence electrons. The third-order valence-corrected chi connectivity index (χ3v) is 3.48. The lowest BCUT2D eigenvalue weighted by atomic mass is 10.1. The zero-order valence-electron chi connectivity index (χ0n) is 12.6. The molecule has 0 radical (unpaired) electrons. The number of ether oxygens (including phenoxy) is 1. The molecule has 7 heteroatoms. The quantitative estimate of drug-likeness (QED) is 0.939. The molecule has 0 amide bonds. The number of nitrogens with zero attached hydrogens (tertiary/aromatic N) is 1. The molecule has 23 heavy (non-hydrogen) atoms. The van der Waals surface area contributed by atoms with E-state index in [4.69, 9.17) is 4.74 Å². The highest BCUT2D eigenvalue weighted by Crippen LogP contribution is 2.36. The number of halogens is 3. The molecule has 0 saturated carbocycles. The predicted octanol–water partition coefficient (Wildman–Crippen LogP) is 2.87. The van der Waals surface area contributed by atoms with Crippen molar-refractivity contribution in [1.82, 2.24) is 4.57 Å². The molecule has 1 atom stereocenters. The Bertz CT molecular complexity index is 739. The molecule has 0 aliphatic carbocycles. The van der Waals surface area contributed by atoms with Crippen LogP contribution in [-0.4, -0.2) is 15.8 Å². The van der Waals surface area contributed by atoms with Gasteiger partial charge in [-0.1, -0.05) is 30.3 Å². The largest absolute Gasteiger partial charge is 0.483 e. The average Bonchev–Trinajstić information content (AvgIpc) is 2.49. The summed E-state index contributed by atoms with van der Waals surface area (Å²) in [6, 6.07) is 9.89. The van der Waals surface area contributed by atoms with Crippen LogP contribution in [-0.2, 0) is 13.7 Å². The van der Waals surface area contributed by atoms with Gasteiger partial charge in [0.2, 0.25) is 5.43 Å². The van der Waals surface area contributed by atoms with Crippen LogP contribution in [0.4, 0.5) is 13.2 Å². The fraction of sp³-hybridized carbons (Fsp3) is 0.312. The normalized spacial score (nSPS) is 13.0. The third kappa shape index (κ3) is 3.73. The molecule has 0 spiro atoms. The number of rotatable bonds is 4. The Kier molecular flexibility index (Phi) is 4.79. The van der Waals surface area contributed by atoms with E-state index < -0.39 is 29.2 Å². The van der Waals surface area contributed by atoms with Crippen molar-refractivity contribution in [3.8, 4) is 5.75 Å². The van der Waals surface area contributed by atoms with Crippen molar-refractivity contribution in [2.24, 2.45) is 7.05 Å². The molecule has 0 fully saturated rings. The summed E-state index contributed by atoms with van der Waals surface area (Å²) in [5.41, 5.74) is -0.309. The second-order valence-electron chi connectivity index (χ2n) is 5.14. The predicted molar refractivity (Wildman–Crippen MR) is 78.2 cm³/mol. The van der Waals surface area contributed by atoms with Gasteiger partial charge in [-0.2, -0.15) is 13.2 Å². The number of aliphatic hydroxyl groups is 1. The van der Waals surface area contributed by atoms with Gasteiger partial charge >= 0.3 is 6.18 Å². The SMILES string of the molecule is Cc1cc(=O)c(OCc2ccccc2)c(C(O)C(F)(F)F)n1C. The molecule has 0 aliphatic rings. The molecular formula is C16H16F3NO3. The maximum absolute atomic E-state index is 12.9. The number of aliphatic hydroxyl groups excluding tert-OH is 1. The Morgan fingerprint density at radius 1 is 1.26 bits per heavy atom. The van der Waals surface area contributed by atoms with Crippen LogP contribution in [0.1, 0.15) is 23.1 Å². The minimum absolute atomic E-state index is 0.0727. The molecule has 0 bridgehead atoms. The summed E-state index contributed by atoms with van der Waals surface area (Å²) in [6.45, 7) is 1.41. The smallest absolute Gasteiger partial charge is 0.420 e. The van der Waals surface area contributed by atoms with Crippen molar-refractivity contribution < 1.29 is 23.0 Å². The number of hydrogen-bond acceptors (Lipinski definition) is 3. The molecule has 2 aromatic rings. The van der Waals surface area contributed by atoms with Crippen LogP contribution in [0.25, 0.3) is 0 Å². The summed E-state index contributed by atoms with van der Waals surface area (Å²) in [7, 11) is 1.34. The number of alkyl halides is 3. The van der Waals surface area contributed by atoms with Gasteiger partial charge in [0.15, 0.2) is 11.9 Å². The maximum Gasteiger partial charge on any atom is 0.420 e.